The molecule has 0 saturated carbocycles. The van der Waals surface area contributed by atoms with E-state index in [1.165, 1.54) is 0 Å². The molecule has 0 aromatic carbocycles. The molecule has 0 fully saturated rings. The van der Waals surface area contributed by atoms with Gasteiger partial charge >= 0.3 is 5.97 Å². The molecule has 0 aliphatic rings. The first-order chi connectivity index (χ1) is 6.97. The van der Waals surface area contributed by atoms with Crippen molar-refractivity contribution in [3.63, 3.8) is 0 Å². The third kappa shape index (κ3) is 6.90. The Balaban J connectivity index is 3.94. The fourth-order valence-corrected chi connectivity index (χ4v) is 1.16. The summed E-state index contributed by atoms with van der Waals surface area (Å²) < 4.78 is 0. The molecular formula is C10H20N2O3. The molecule has 15 heavy (non-hydrogen) atoms. The normalized spacial score (nSPS) is 12.5. The van der Waals surface area contributed by atoms with E-state index in [0.29, 0.717) is 12.3 Å². The second-order valence-electron chi connectivity index (χ2n) is 4.01. The number of carboxylic acids is 1. The number of carbonyl (C=O) groups is 2. The molecule has 0 aromatic rings. The molecule has 0 aliphatic heterocycles. The number of hydrogen-bond acceptors (Lipinski definition) is 3. The lowest BCUT2D eigenvalue weighted by Gasteiger charge is -2.14. The summed E-state index contributed by atoms with van der Waals surface area (Å²) in [6.07, 6.45) is 1.42. The lowest BCUT2D eigenvalue weighted by atomic mass is 9.98. The highest BCUT2D eigenvalue weighted by Crippen LogP contribution is 2.11. The second kappa shape index (κ2) is 7.23. The Morgan fingerprint density at radius 1 is 1.33 bits per heavy atom. The summed E-state index contributed by atoms with van der Waals surface area (Å²) in [6, 6.07) is 0. The van der Waals surface area contributed by atoms with Crippen molar-refractivity contribution < 1.29 is 14.7 Å². The van der Waals surface area contributed by atoms with Crippen LogP contribution < -0.4 is 11.1 Å². The van der Waals surface area contributed by atoms with E-state index in [1.807, 2.05) is 13.8 Å². The van der Waals surface area contributed by atoms with Crippen molar-refractivity contribution in [3.05, 3.63) is 0 Å². The molecule has 0 spiro atoms. The molecule has 0 aromatic heterocycles. The van der Waals surface area contributed by atoms with Gasteiger partial charge in [0.05, 0.1) is 12.5 Å². The molecule has 5 nitrogen and oxygen atoms in total. The molecular weight excluding hydrogens is 196 g/mol. The van der Waals surface area contributed by atoms with Crippen LogP contribution in [-0.2, 0) is 9.59 Å². The first-order valence-electron chi connectivity index (χ1n) is 5.17. The molecule has 0 rings (SSSR count). The van der Waals surface area contributed by atoms with E-state index >= 15 is 0 Å². The Bertz CT molecular complexity index is 217. The fourth-order valence-electron chi connectivity index (χ4n) is 1.16. The zero-order valence-electron chi connectivity index (χ0n) is 9.32. The number of carboxylic acid groups (broad SMARTS) is 1. The van der Waals surface area contributed by atoms with E-state index in [0.717, 1.165) is 6.42 Å². The molecule has 88 valence electrons. The van der Waals surface area contributed by atoms with E-state index in [1.54, 1.807) is 0 Å². The number of rotatable bonds is 7. The standard InChI is InChI=1S/C10H20N2O3/c1-7(2)3-4-8(10(14)15)6-12-9(13)5-11/h7-8H,3-6,11H2,1-2H3,(H,12,13)(H,14,15). The third-order valence-corrected chi connectivity index (χ3v) is 2.17. The van der Waals surface area contributed by atoms with Gasteiger partial charge in [-0.3, -0.25) is 9.59 Å². The van der Waals surface area contributed by atoms with Crippen molar-refractivity contribution in [1.82, 2.24) is 5.32 Å². The minimum atomic E-state index is -0.868. The van der Waals surface area contributed by atoms with Crippen molar-refractivity contribution >= 4 is 11.9 Å². The van der Waals surface area contributed by atoms with E-state index in [4.69, 9.17) is 10.8 Å². The average molecular weight is 216 g/mol. The monoisotopic (exact) mass is 216 g/mol. The largest absolute Gasteiger partial charge is 0.481 e. The van der Waals surface area contributed by atoms with Crippen LogP contribution in [0.15, 0.2) is 0 Å². The summed E-state index contributed by atoms with van der Waals surface area (Å²) in [6.45, 7) is 4.14. The molecule has 0 saturated heterocycles. The van der Waals surface area contributed by atoms with Gasteiger partial charge in [-0.15, -0.1) is 0 Å². The van der Waals surface area contributed by atoms with Gasteiger partial charge in [-0.2, -0.15) is 0 Å². The van der Waals surface area contributed by atoms with Crippen LogP contribution in [0.2, 0.25) is 0 Å². The van der Waals surface area contributed by atoms with Crippen LogP contribution in [0.1, 0.15) is 26.7 Å². The van der Waals surface area contributed by atoms with Crippen LogP contribution in [0.5, 0.6) is 0 Å². The lowest BCUT2D eigenvalue weighted by molar-refractivity contribution is -0.142. The Morgan fingerprint density at radius 2 is 1.93 bits per heavy atom. The molecule has 0 radical (unpaired) electrons. The molecule has 0 bridgehead atoms. The van der Waals surface area contributed by atoms with Crippen molar-refractivity contribution in [3.8, 4) is 0 Å². The summed E-state index contributed by atoms with van der Waals surface area (Å²) in [7, 11) is 0. The van der Waals surface area contributed by atoms with Gasteiger partial charge in [-0.05, 0) is 12.3 Å². The van der Waals surface area contributed by atoms with Crippen molar-refractivity contribution in [2.24, 2.45) is 17.6 Å². The Hall–Kier alpha value is -1.10. The van der Waals surface area contributed by atoms with E-state index in [2.05, 4.69) is 5.32 Å². The van der Waals surface area contributed by atoms with Crippen molar-refractivity contribution in [1.29, 1.82) is 0 Å². The summed E-state index contributed by atoms with van der Waals surface area (Å²) in [5.74, 6) is -1.22. The van der Waals surface area contributed by atoms with Gasteiger partial charge in [-0.25, -0.2) is 0 Å². The lowest BCUT2D eigenvalue weighted by Crippen LogP contribution is -2.36. The first kappa shape index (κ1) is 13.9. The Labute approximate surface area is 90.0 Å². The average Bonchev–Trinajstić information content (AvgIpc) is 2.16. The van der Waals surface area contributed by atoms with E-state index in [-0.39, 0.29) is 19.0 Å². The third-order valence-electron chi connectivity index (χ3n) is 2.17. The van der Waals surface area contributed by atoms with Gasteiger partial charge in [0.25, 0.3) is 0 Å². The number of nitrogens with one attached hydrogen (secondary N) is 1. The highest BCUT2D eigenvalue weighted by atomic mass is 16.4. The zero-order chi connectivity index (χ0) is 11.8. The van der Waals surface area contributed by atoms with Crippen LogP contribution in [0, 0.1) is 11.8 Å². The predicted molar refractivity (Wildman–Crippen MR) is 57.3 cm³/mol. The number of carbonyl (C=O) groups excluding carboxylic acids is 1. The fraction of sp³-hybridized carbons (Fsp3) is 0.800. The van der Waals surface area contributed by atoms with Gasteiger partial charge in [0.2, 0.25) is 5.91 Å². The maximum atomic E-state index is 10.8. The molecule has 4 N–H and O–H groups in total. The van der Waals surface area contributed by atoms with E-state index < -0.39 is 11.9 Å². The van der Waals surface area contributed by atoms with Gasteiger partial charge in [0, 0.05) is 6.54 Å². The number of amides is 1. The maximum Gasteiger partial charge on any atom is 0.308 e. The minimum absolute atomic E-state index is 0.101. The SMILES string of the molecule is CC(C)CCC(CNC(=O)CN)C(=O)O. The molecule has 1 amide bonds. The Morgan fingerprint density at radius 3 is 2.33 bits per heavy atom. The molecule has 0 aliphatic carbocycles. The molecule has 0 heterocycles. The van der Waals surface area contributed by atoms with Gasteiger partial charge < -0.3 is 16.2 Å². The van der Waals surface area contributed by atoms with Crippen molar-refractivity contribution in [2.45, 2.75) is 26.7 Å². The highest BCUT2D eigenvalue weighted by Gasteiger charge is 2.18. The summed E-state index contributed by atoms with van der Waals surface area (Å²) in [5, 5.41) is 11.4. The summed E-state index contributed by atoms with van der Waals surface area (Å²) in [4.78, 5) is 21.7. The number of nitrogens with two attached hydrogens (primary N) is 1. The smallest absolute Gasteiger partial charge is 0.308 e. The minimum Gasteiger partial charge on any atom is -0.481 e. The zero-order valence-corrected chi connectivity index (χ0v) is 9.32. The summed E-state index contributed by atoms with van der Waals surface area (Å²) >= 11 is 0. The van der Waals surface area contributed by atoms with E-state index in [9.17, 15) is 9.59 Å². The van der Waals surface area contributed by atoms with Crippen LogP contribution >= 0.6 is 0 Å². The Kier molecular flexibility index (Phi) is 6.70. The van der Waals surface area contributed by atoms with Crippen LogP contribution in [0.25, 0.3) is 0 Å². The summed E-state index contributed by atoms with van der Waals surface area (Å²) in [5.41, 5.74) is 5.10. The van der Waals surface area contributed by atoms with Gasteiger partial charge in [0.15, 0.2) is 0 Å². The maximum absolute atomic E-state index is 10.8. The van der Waals surface area contributed by atoms with Gasteiger partial charge in [-0.1, -0.05) is 20.3 Å². The molecule has 1 unspecified atom stereocenters. The van der Waals surface area contributed by atoms with Crippen LogP contribution in [0.4, 0.5) is 0 Å². The first-order valence-corrected chi connectivity index (χ1v) is 5.17. The van der Waals surface area contributed by atoms with Crippen LogP contribution in [0.3, 0.4) is 0 Å². The quantitative estimate of drug-likeness (QED) is 0.566. The number of hydrogen-bond donors (Lipinski definition) is 3. The molecule has 5 heteroatoms. The molecule has 1 atom stereocenters. The van der Waals surface area contributed by atoms with Crippen LogP contribution in [-0.4, -0.2) is 30.1 Å². The predicted octanol–water partition coefficient (Wildman–Crippen LogP) is 0.198. The highest BCUT2D eigenvalue weighted by molar-refractivity contribution is 5.78. The number of aliphatic carboxylic acids is 1. The van der Waals surface area contributed by atoms with Gasteiger partial charge in [0.1, 0.15) is 0 Å². The topological polar surface area (TPSA) is 92.4 Å². The second-order valence-corrected chi connectivity index (χ2v) is 4.01. The van der Waals surface area contributed by atoms with Crippen molar-refractivity contribution in [2.75, 3.05) is 13.1 Å².